The number of aromatic nitrogens is 2. The van der Waals surface area contributed by atoms with Gasteiger partial charge in [-0.3, -0.25) is 14.3 Å². The number of nitrogens with zero attached hydrogens (tertiary/aromatic N) is 3. The van der Waals surface area contributed by atoms with Crippen molar-refractivity contribution in [3.05, 3.63) is 97.1 Å². The van der Waals surface area contributed by atoms with Crippen molar-refractivity contribution in [2.45, 2.75) is 39.2 Å². The van der Waals surface area contributed by atoms with Crippen LogP contribution in [0.1, 0.15) is 39.3 Å². The van der Waals surface area contributed by atoms with Crippen LogP contribution in [0, 0.1) is 5.82 Å². The topological polar surface area (TPSA) is 38.1 Å². The zero-order chi connectivity index (χ0) is 27.2. The van der Waals surface area contributed by atoms with Crippen LogP contribution in [0.2, 0.25) is 15.1 Å². The third-order valence-corrected chi connectivity index (χ3v) is 7.89. The summed E-state index contributed by atoms with van der Waals surface area (Å²) in [5.41, 5.74) is 3.86. The number of fused-ring (bicyclic) bond motifs is 1. The number of para-hydroxylation sites is 1. The maximum Gasteiger partial charge on any atom is 0.255 e. The summed E-state index contributed by atoms with van der Waals surface area (Å²) < 4.78 is 15.4. The van der Waals surface area contributed by atoms with Gasteiger partial charge in [-0.25, -0.2) is 9.37 Å². The Balaban J connectivity index is 1.75. The molecule has 38 heavy (non-hydrogen) atoms. The van der Waals surface area contributed by atoms with Gasteiger partial charge in [-0.1, -0.05) is 46.4 Å². The molecule has 3 heterocycles. The van der Waals surface area contributed by atoms with Gasteiger partial charge >= 0.3 is 0 Å². The molecule has 1 aliphatic heterocycles. The molecule has 0 radical (unpaired) electrons. The van der Waals surface area contributed by atoms with Crippen molar-refractivity contribution in [2.24, 2.45) is 0 Å². The molecule has 0 aliphatic carbocycles. The van der Waals surface area contributed by atoms with Crippen molar-refractivity contribution >= 4 is 51.8 Å². The fourth-order valence-electron chi connectivity index (χ4n) is 4.97. The molecule has 0 N–H and O–H groups in total. The molecule has 4 nitrogen and oxygen atoms in total. The summed E-state index contributed by atoms with van der Waals surface area (Å²) in [5.74, 6) is -0.438. The van der Waals surface area contributed by atoms with Crippen molar-refractivity contribution in [1.82, 2.24) is 14.5 Å². The largest absolute Gasteiger partial charge is 0.298 e. The second-order valence-corrected chi connectivity index (χ2v) is 11.7. The normalized spacial score (nSPS) is 14.8. The quantitative estimate of drug-likeness (QED) is 0.248. The summed E-state index contributed by atoms with van der Waals surface area (Å²) in [6, 6.07) is 14.4. The SMILES string of the molecule is CC(C)(C)N1CCC(=Cc2cc3c(ccc(=O)n3-c3c(Cl)cccc3Cl)c(-c3ccc(F)cc3Cl)n2)CC1. The van der Waals surface area contributed by atoms with Gasteiger partial charge in [0.05, 0.1) is 37.7 Å². The van der Waals surface area contributed by atoms with E-state index in [1.165, 1.54) is 28.3 Å². The minimum Gasteiger partial charge on any atom is -0.298 e. The lowest BCUT2D eigenvalue weighted by atomic mass is 9.96. The van der Waals surface area contributed by atoms with Crippen LogP contribution < -0.4 is 5.56 Å². The number of benzene rings is 2. The lowest BCUT2D eigenvalue weighted by Gasteiger charge is -2.39. The van der Waals surface area contributed by atoms with Crippen LogP contribution in [0.5, 0.6) is 0 Å². The summed E-state index contributed by atoms with van der Waals surface area (Å²) >= 11 is 19.6. The Hall–Kier alpha value is -2.70. The minimum atomic E-state index is -0.438. The molecule has 0 atom stereocenters. The standard InChI is InChI=1S/C30H27Cl3FN3O/c1-30(2,3)36-13-11-18(12-14-36)15-20-17-26-22(28(35-20)21-8-7-19(34)16-25(21)33)9-10-27(38)37(26)29-23(31)5-4-6-24(29)32/h4-10,15-17H,11-14H2,1-3H3. The predicted molar refractivity (Wildman–Crippen MR) is 156 cm³/mol. The number of likely N-dealkylation sites (tertiary alicyclic amines) is 1. The molecular weight excluding hydrogens is 544 g/mol. The molecule has 2 aromatic heterocycles. The van der Waals surface area contributed by atoms with E-state index in [4.69, 9.17) is 39.8 Å². The van der Waals surface area contributed by atoms with Gasteiger partial charge in [0, 0.05) is 35.6 Å². The number of hydrogen-bond donors (Lipinski definition) is 0. The van der Waals surface area contributed by atoms with Crippen LogP contribution in [0.25, 0.3) is 33.9 Å². The van der Waals surface area contributed by atoms with E-state index < -0.39 is 5.82 Å². The Morgan fingerprint density at radius 3 is 2.24 bits per heavy atom. The average Bonchev–Trinajstić information content (AvgIpc) is 2.84. The van der Waals surface area contributed by atoms with Crippen LogP contribution in [0.4, 0.5) is 4.39 Å². The number of pyridine rings is 2. The lowest BCUT2D eigenvalue weighted by Crippen LogP contribution is -2.44. The Morgan fingerprint density at radius 1 is 0.921 bits per heavy atom. The van der Waals surface area contributed by atoms with E-state index in [1.54, 1.807) is 30.3 Å². The van der Waals surface area contributed by atoms with E-state index in [-0.39, 0.29) is 16.1 Å². The highest BCUT2D eigenvalue weighted by molar-refractivity contribution is 6.38. The van der Waals surface area contributed by atoms with Crippen molar-refractivity contribution in [3.8, 4) is 16.9 Å². The molecule has 0 saturated carbocycles. The molecule has 0 spiro atoms. The number of piperidine rings is 1. The molecule has 4 aromatic rings. The highest BCUT2D eigenvalue weighted by Crippen LogP contribution is 2.36. The first-order valence-electron chi connectivity index (χ1n) is 12.4. The second-order valence-electron chi connectivity index (χ2n) is 10.5. The van der Waals surface area contributed by atoms with Crippen molar-refractivity contribution in [3.63, 3.8) is 0 Å². The van der Waals surface area contributed by atoms with Crippen molar-refractivity contribution < 1.29 is 4.39 Å². The molecule has 1 aliphatic rings. The molecule has 0 bridgehead atoms. The van der Waals surface area contributed by atoms with Crippen LogP contribution in [0.3, 0.4) is 0 Å². The summed E-state index contributed by atoms with van der Waals surface area (Å²) in [6.07, 6.45) is 3.92. The molecule has 2 aromatic carbocycles. The van der Waals surface area contributed by atoms with Crippen LogP contribution >= 0.6 is 34.8 Å². The van der Waals surface area contributed by atoms with Gasteiger partial charge in [0.1, 0.15) is 5.82 Å². The first-order valence-corrected chi connectivity index (χ1v) is 13.6. The smallest absolute Gasteiger partial charge is 0.255 e. The molecule has 8 heteroatoms. The minimum absolute atomic E-state index is 0.115. The summed E-state index contributed by atoms with van der Waals surface area (Å²) in [6.45, 7) is 8.60. The maximum absolute atomic E-state index is 13.9. The monoisotopic (exact) mass is 569 g/mol. The van der Waals surface area contributed by atoms with Gasteiger partial charge in [0.25, 0.3) is 5.56 Å². The van der Waals surface area contributed by atoms with E-state index in [9.17, 15) is 9.18 Å². The zero-order valence-electron chi connectivity index (χ0n) is 21.4. The number of halogens is 4. The zero-order valence-corrected chi connectivity index (χ0v) is 23.6. The highest BCUT2D eigenvalue weighted by Gasteiger charge is 2.25. The van der Waals surface area contributed by atoms with Crippen LogP contribution in [-0.4, -0.2) is 33.1 Å². The number of rotatable bonds is 3. The Bertz CT molecular complexity index is 1610. The van der Waals surface area contributed by atoms with Gasteiger partial charge in [-0.15, -0.1) is 0 Å². The van der Waals surface area contributed by atoms with Gasteiger partial charge < -0.3 is 0 Å². The third-order valence-electron chi connectivity index (χ3n) is 6.96. The first-order chi connectivity index (χ1) is 18.0. The summed E-state index contributed by atoms with van der Waals surface area (Å²) in [4.78, 5) is 20.7. The fraction of sp³-hybridized carbons (Fsp3) is 0.267. The summed E-state index contributed by atoms with van der Waals surface area (Å²) in [5, 5.41) is 1.59. The van der Waals surface area contributed by atoms with Crippen molar-refractivity contribution in [1.29, 1.82) is 0 Å². The molecule has 0 amide bonds. The van der Waals surface area contributed by atoms with Gasteiger partial charge in [0.15, 0.2) is 0 Å². The van der Waals surface area contributed by atoms with E-state index in [0.717, 1.165) is 25.9 Å². The molecule has 1 saturated heterocycles. The molecule has 196 valence electrons. The van der Waals surface area contributed by atoms with Crippen molar-refractivity contribution in [2.75, 3.05) is 13.1 Å². The van der Waals surface area contributed by atoms with Crippen LogP contribution in [-0.2, 0) is 0 Å². The third kappa shape index (κ3) is 5.26. The first kappa shape index (κ1) is 26.9. The van der Waals surface area contributed by atoms with Gasteiger partial charge in [0.2, 0.25) is 0 Å². The van der Waals surface area contributed by atoms with E-state index in [1.807, 2.05) is 6.07 Å². The predicted octanol–water partition coefficient (Wildman–Crippen LogP) is 8.43. The molecule has 1 fully saturated rings. The second kappa shape index (κ2) is 10.5. The van der Waals surface area contributed by atoms with E-state index >= 15 is 0 Å². The summed E-state index contributed by atoms with van der Waals surface area (Å²) in [7, 11) is 0. The van der Waals surface area contributed by atoms with E-state index in [0.29, 0.717) is 43.6 Å². The fourth-order valence-corrected chi connectivity index (χ4v) is 5.79. The van der Waals surface area contributed by atoms with Gasteiger partial charge in [-0.2, -0.15) is 0 Å². The lowest BCUT2D eigenvalue weighted by molar-refractivity contribution is 0.126. The molecule has 5 rings (SSSR count). The molecular formula is C30H27Cl3FN3O. The average molecular weight is 571 g/mol. The molecule has 0 unspecified atom stereocenters. The Morgan fingerprint density at radius 2 is 1.61 bits per heavy atom. The Labute approximate surface area is 236 Å². The highest BCUT2D eigenvalue weighted by atomic mass is 35.5. The van der Waals surface area contributed by atoms with Gasteiger partial charge in [-0.05, 0) is 82.2 Å². The number of hydrogen-bond acceptors (Lipinski definition) is 3. The Kier molecular flexibility index (Phi) is 7.40. The van der Waals surface area contributed by atoms with E-state index in [2.05, 4.69) is 31.7 Å². The maximum atomic E-state index is 13.9. The van der Waals surface area contributed by atoms with Crippen LogP contribution in [0.15, 0.2) is 65.0 Å².